The van der Waals surface area contributed by atoms with E-state index >= 15 is 0 Å². The number of nitrogens with one attached hydrogen (secondary N) is 1. The first-order chi connectivity index (χ1) is 9.69. The van der Waals surface area contributed by atoms with E-state index in [1.54, 1.807) is 0 Å². The molecule has 2 rings (SSSR count). The van der Waals surface area contributed by atoms with Gasteiger partial charge in [0.2, 0.25) is 0 Å². The first-order valence-corrected chi connectivity index (χ1v) is 7.24. The standard InChI is InChI=1S/C17H24N2O/c1-4-9-18-11-15-10-17(20-13-15)12-19(3)16-7-5-14(2)6-8-16/h5-8,10,13,18H,4,9,11-12H2,1-3H3. The first-order valence-electron chi connectivity index (χ1n) is 7.24. The fourth-order valence-corrected chi connectivity index (χ4v) is 2.14. The Morgan fingerprint density at radius 2 is 1.95 bits per heavy atom. The zero-order valence-electron chi connectivity index (χ0n) is 12.6. The number of anilines is 1. The van der Waals surface area contributed by atoms with Crippen molar-refractivity contribution in [3.63, 3.8) is 0 Å². The fraction of sp³-hybridized carbons (Fsp3) is 0.412. The number of rotatable bonds is 7. The van der Waals surface area contributed by atoms with Gasteiger partial charge < -0.3 is 14.6 Å². The van der Waals surface area contributed by atoms with Gasteiger partial charge in [0.1, 0.15) is 5.76 Å². The van der Waals surface area contributed by atoms with Crippen LogP contribution < -0.4 is 10.2 Å². The smallest absolute Gasteiger partial charge is 0.123 e. The van der Waals surface area contributed by atoms with E-state index < -0.39 is 0 Å². The second-order valence-corrected chi connectivity index (χ2v) is 5.29. The quantitative estimate of drug-likeness (QED) is 0.779. The molecule has 1 N–H and O–H groups in total. The van der Waals surface area contributed by atoms with Gasteiger partial charge in [-0.2, -0.15) is 0 Å². The molecule has 0 unspecified atom stereocenters. The highest BCUT2D eigenvalue weighted by molar-refractivity contribution is 5.46. The van der Waals surface area contributed by atoms with Crippen LogP contribution in [0.5, 0.6) is 0 Å². The van der Waals surface area contributed by atoms with E-state index in [1.807, 2.05) is 6.26 Å². The third kappa shape index (κ3) is 4.14. The lowest BCUT2D eigenvalue weighted by atomic mass is 10.2. The maximum Gasteiger partial charge on any atom is 0.123 e. The maximum atomic E-state index is 5.63. The summed E-state index contributed by atoms with van der Waals surface area (Å²) in [5.74, 6) is 1.00. The summed E-state index contributed by atoms with van der Waals surface area (Å²) < 4.78 is 5.63. The summed E-state index contributed by atoms with van der Waals surface area (Å²) in [7, 11) is 2.09. The Morgan fingerprint density at radius 1 is 1.20 bits per heavy atom. The van der Waals surface area contributed by atoms with Crippen molar-refractivity contribution in [3.05, 3.63) is 53.5 Å². The molecule has 0 aliphatic rings. The van der Waals surface area contributed by atoms with E-state index in [1.165, 1.54) is 16.8 Å². The normalized spacial score (nSPS) is 10.8. The van der Waals surface area contributed by atoms with Crippen LogP contribution in [0.2, 0.25) is 0 Å². The third-order valence-electron chi connectivity index (χ3n) is 3.33. The van der Waals surface area contributed by atoms with Crippen molar-refractivity contribution in [2.24, 2.45) is 0 Å². The van der Waals surface area contributed by atoms with Crippen LogP contribution in [0.1, 0.15) is 30.2 Å². The Kier molecular flexibility index (Phi) is 5.24. The SMILES string of the molecule is CCCNCc1coc(CN(C)c2ccc(C)cc2)c1. The number of furan rings is 1. The zero-order chi connectivity index (χ0) is 14.4. The van der Waals surface area contributed by atoms with Crippen molar-refractivity contribution in [3.8, 4) is 0 Å². The van der Waals surface area contributed by atoms with Crippen molar-refractivity contribution in [2.75, 3.05) is 18.5 Å². The van der Waals surface area contributed by atoms with Gasteiger partial charge in [0.25, 0.3) is 0 Å². The van der Waals surface area contributed by atoms with Gasteiger partial charge in [-0.25, -0.2) is 0 Å². The van der Waals surface area contributed by atoms with Crippen molar-refractivity contribution < 1.29 is 4.42 Å². The van der Waals surface area contributed by atoms with E-state index in [0.717, 1.165) is 31.8 Å². The van der Waals surface area contributed by atoms with Crippen LogP contribution in [0, 0.1) is 6.92 Å². The van der Waals surface area contributed by atoms with Gasteiger partial charge in [-0.3, -0.25) is 0 Å². The maximum absolute atomic E-state index is 5.63. The van der Waals surface area contributed by atoms with Gasteiger partial charge >= 0.3 is 0 Å². The predicted octanol–water partition coefficient (Wildman–Crippen LogP) is 3.72. The highest BCUT2D eigenvalue weighted by Gasteiger charge is 2.06. The number of nitrogens with zero attached hydrogens (tertiary/aromatic N) is 1. The van der Waals surface area contributed by atoms with Crippen LogP contribution in [0.15, 0.2) is 41.0 Å². The first kappa shape index (κ1) is 14.7. The Bertz CT molecular complexity index is 516. The molecule has 3 nitrogen and oxygen atoms in total. The molecule has 108 valence electrons. The van der Waals surface area contributed by atoms with Gasteiger partial charge in [-0.05, 0) is 38.1 Å². The lowest BCUT2D eigenvalue weighted by Gasteiger charge is -2.17. The van der Waals surface area contributed by atoms with Crippen LogP contribution in [-0.2, 0) is 13.1 Å². The van der Waals surface area contributed by atoms with E-state index in [2.05, 4.69) is 61.4 Å². The predicted molar refractivity (Wildman–Crippen MR) is 84.0 cm³/mol. The minimum Gasteiger partial charge on any atom is -0.467 e. The second kappa shape index (κ2) is 7.15. The Labute approximate surface area is 121 Å². The average Bonchev–Trinajstić information content (AvgIpc) is 2.87. The van der Waals surface area contributed by atoms with Crippen molar-refractivity contribution in [2.45, 2.75) is 33.4 Å². The van der Waals surface area contributed by atoms with Crippen LogP contribution in [0.3, 0.4) is 0 Å². The Balaban J connectivity index is 1.91. The summed E-state index contributed by atoms with van der Waals surface area (Å²) in [5, 5.41) is 3.38. The molecule has 1 aromatic carbocycles. The lowest BCUT2D eigenvalue weighted by Crippen LogP contribution is -2.16. The lowest BCUT2D eigenvalue weighted by molar-refractivity contribution is 0.504. The Morgan fingerprint density at radius 3 is 2.65 bits per heavy atom. The topological polar surface area (TPSA) is 28.4 Å². The summed E-state index contributed by atoms with van der Waals surface area (Å²) >= 11 is 0. The second-order valence-electron chi connectivity index (χ2n) is 5.29. The summed E-state index contributed by atoms with van der Waals surface area (Å²) in [6.45, 7) is 6.99. The van der Waals surface area contributed by atoms with Crippen molar-refractivity contribution in [1.82, 2.24) is 5.32 Å². The molecule has 0 spiro atoms. The highest BCUT2D eigenvalue weighted by Crippen LogP contribution is 2.17. The molecule has 1 aromatic heterocycles. The van der Waals surface area contributed by atoms with Gasteiger partial charge in [-0.1, -0.05) is 24.6 Å². The molecule has 2 aromatic rings. The Hall–Kier alpha value is -1.74. The average molecular weight is 272 g/mol. The molecular formula is C17H24N2O. The minimum absolute atomic E-state index is 0.789. The molecule has 0 saturated carbocycles. The van der Waals surface area contributed by atoms with Crippen LogP contribution in [0.4, 0.5) is 5.69 Å². The summed E-state index contributed by atoms with van der Waals surface area (Å²) in [6, 6.07) is 10.7. The highest BCUT2D eigenvalue weighted by atomic mass is 16.3. The molecule has 3 heteroatoms. The van der Waals surface area contributed by atoms with E-state index in [0.29, 0.717) is 0 Å². The number of benzene rings is 1. The fourth-order valence-electron chi connectivity index (χ4n) is 2.14. The molecule has 20 heavy (non-hydrogen) atoms. The van der Waals surface area contributed by atoms with Crippen molar-refractivity contribution in [1.29, 1.82) is 0 Å². The molecule has 1 heterocycles. The molecule has 0 radical (unpaired) electrons. The van der Waals surface area contributed by atoms with Crippen LogP contribution in [0.25, 0.3) is 0 Å². The molecule has 0 saturated heterocycles. The van der Waals surface area contributed by atoms with Gasteiger partial charge in [0.05, 0.1) is 12.8 Å². The minimum atomic E-state index is 0.789. The van der Waals surface area contributed by atoms with E-state index in [9.17, 15) is 0 Å². The summed E-state index contributed by atoms with van der Waals surface area (Å²) in [4.78, 5) is 2.20. The van der Waals surface area contributed by atoms with Crippen LogP contribution in [-0.4, -0.2) is 13.6 Å². The summed E-state index contributed by atoms with van der Waals surface area (Å²) in [5.41, 5.74) is 3.70. The summed E-state index contributed by atoms with van der Waals surface area (Å²) in [6.07, 6.45) is 3.00. The molecule has 0 aliphatic carbocycles. The monoisotopic (exact) mass is 272 g/mol. The van der Waals surface area contributed by atoms with Gasteiger partial charge in [-0.15, -0.1) is 0 Å². The molecule has 0 amide bonds. The molecule has 0 atom stereocenters. The molecule has 0 aliphatic heterocycles. The molecule has 0 fully saturated rings. The van der Waals surface area contributed by atoms with Gasteiger partial charge in [0, 0.05) is 24.8 Å². The number of hydrogen-bond donors (Lipinski definition) is 1. The van der Waals surface area contributed by atoms with E-state index in [4.69, 9.17) is 4.42 Å². The number of aryl methyl sites for hydroxylation is 1. The largest absolute Gasteiger partial charge is 0.467 e. The van der Waals surface area contributed by atoms with Crippen molar-refractivity contribution >= 4 is 5.69 Å². The number of hydrogen-bond acceptors (Lipinski definition) is 3. The zero-order valence-corrected chi connectivity index (χ0v) is 12.6. The van der Waals surface area contributed by atoms with E-state index in [-0.39, 0.29) is 0 Å². The molecular weight excluding hydrogens is 248 g/mol. The van der Waals surface area contributed by atoms with Gasteiger partial charge in [0.15, 0.2) is 0 Å². The third-order valence-corrected chi connectivity index (χ3v) is 3.33. The molecule has 0 bridgehead atoms. The van der Waals surface area contributed by atoms with Crippen LogP contribution >= 0.6 is 0 Å².